The summed E-state index contributed by atoms with van der Waals surface area (Å²) in [5, 5.41) is 13.9. The third-order valence-electron chi connectivity index (χ3n) is 2.23. The first-order valence-electron chi connectivity index (χ1n) is 4.81. The van der Waals surface area contributed by atoms with E-state index in [1.54, 1.807) is 19.1 Å². The molecule has 0 unspecified atom stereocenters. The van der Waals surface area contributed by atoms with Crippen molar-refractivity contribution in [3.05, 3.63) is 38.5 Å². The molecular formula is C11H6Cl3N3S. The van der Waals surface area contributed by atoms with E-state index in [-0.39, 0.29) is 0 Å². The second-order valence-electron chi connectivity index (χ2n) is 3.46. The van der Waals surface area contributed by atoms with Gasteiger partial charge in [-0.25, -0.2) is 0 Å². The molecule has 0 atom stereocenters. The number of aryl methyl sites for hydroxylation is 1. The van der Waals surface area contributed by atoms with Crippen molar-refractivity contribution in [1.82, 2.24) is 4.37 Å². The summed E-state index contributed by atoms with van der Waals surface area (Å²) in [7, 11) is 0. The molecule has 0 saturated heterocycles. The van der Waals surface area contributed by atoms with Crippen molar-refractivity contribution >= 4 is 57.0 Å². The molecule has 0 bridgehead atoms. The van der Waals surface area contributed by atoms with Crippen LogP contribution in [0.4, 0.5) is 10.7 Å². The maximum absolute atomic E-state index is 9.03. The van der Waals surface area contributed by atoms with Crippen molar-refractivity contribution in [3.8, 4) is 6.07 Å². The van der Waals surface area contributed by atoms with E-state index in [1.165, 1.54) is 11.5 Å². The zero-order valence-electron chi connectivity index (χ0n) is 9.09. The lowest BCUT2D eigenvalue weighted by atomic mass is 10.2. The number of hydrogen-bond acceptors (Lipinski definition) is 4. The molecule has 7 heteroatoms. The van der Waals surface area contributed by atoms with Crippen LogP contribution in [0.15, 0.2) is 12.1 Å². The number of nitrogens with zero attached hydrogens (tertiary/aromatic N) is 2. The maximum Gasteiger partial charge on any atom is 0.132 e. The molecule has 0 aliphatic heterocycles. The fourth-order valence-corrected chi connectivity index (χ4v) is 2.68. The predicted octanol–water partition coefficient (Wildman–Crippen LogP) is 5.03. The Morgan fingerprint density at radius 2 is 1.89 bits per heavy atom. The molecule has 1 aromatic heterocycles. The summed E-state index contributed by atoms with van der Waals surface area (Å²) < 4.78 is 4.11. The van der Waals surface area contributed by atoms with Crippen LogP contribution >= 0.6 is 46.3 Å². The van der Waals surface area contributed by atoms with Gasteiger partial charge >= 0.3 is 0 Å². The second kappa shape index (κ2) is 5.33. The molecular weight excluding hydrogens is 313 g/mol. The van der Waals surface area contributed by atoms with E-state index in [2.05, 4.69) is 15.8 Å². The van der Waals surface area contributed by atoms with E-state index >= 15 is 0 Å². The Bertz CT molecular complexity index is 646. The Kier molecular flexibility index (Phi) is 3.98. The molecule has 1 heterocycles. The molecule has 1 aromatic carbocycles. The van der Waals surface area contributed by atoms with Gasteiger partial charge in [-0.2, -0.15) is 9.64 Å². The Morgan fingerprint density at radius 3 is 2.56 bits per heavy atom. The standard InChI is InChI=1S/C11H6Cl3N3S/c1-5-6(4-15)11(18-17-5)16-10-3-8(13)7(12)2-9(10)14/h2-3,16H,1H3. The van der Waals surface area contributed by atoms with E-state index in [0.29, 0.717) is 37.0 Å². The Morgan fingerprint density at radius 1 is 1.22 bits per heavy atom. The van der Waals surface area contributed by atoms with Gasteiger partial charge in [-0.3, -0.25) is 0 Å². The Balaban J connectivity index is 2.41. The summed E-state index contributed by atoms with van der Waals surface area (Å²) in [5.41, 5.74) is 1.77. The number of aromatic nitrogens is 1. The molecule has 18 heavy (non-hydrogen) atoms. The van der Waals surface area contributed by atoms with Crippen LogP contribution < -0.4 is 5.32 Å². The van der Waals surface area contributed by atoms with Crippen LogP contribution in [0.5, 0.6) is 0 Å². The van der Waals surface area contributed by atoms with Crippen LogP contribution in [0.2, 0.25) is 15.1 Å². The van der Waals surface area contributed by atoms with Crippen LogP contribution in [-0.2, 0) is 0 Å². The average Bonchev–Trinajstić information content (AvgIpc) is 2.67. The largest absolute Gasteiger partial charge is 0.344 e. The van der Waals surface area contributed by atoms with Gasteiger partial charge in [0.2, 0.25) is 0 Å². The van der Waals surface area contributed by atoms with Crippen molar-refractivity contribution in [3.63, 3.8) is 0 Å². The fourth-order valence-electron chi connectivity index (χ4n) is 1.33. The molecule has 0 spiro atoms. The van der Waals surface area contributed by atoms with Crippen LogP contribution in [0.1, 0.15) is 11.3 Å². The van der Waals surface area contributed by atoms with Gasteiger partial charge in [0.05, 0.1) is 26.4 Å². The highest BCUT2D eigenvalue weighted by Gasteiger charge is 2.13. The number of benzene rings is 1. The smallest absolute Gasteiger partial charge is 0.132 e. The van der Waals surface area contributed by atoms with Gasteiger partial charge in [-0.05, 0) is 30.6 Å². The third-order valence-corrected chi connectivity index (χ3v) is 4.12. The van der Waals surface area contributed by atoms with Crippen LogP contribution in [-0.4, -0.2) is 4.37 Å². The van der Waals surface area contributed by atoms with E-state index in [9.17, 15) is 0 Å². The zero-order valence-corrected chi connectivity index (χ0v) is 12.2. The minimum absolute atomic E-state index is 0.383. The highest BCUT2D eigenvalue weighted by molar-refractivity contribution is 7.10. The van der Waals surface area contributed by atoms with Crippen molar-refractivity contribution < 1.29 is 0 Å². The van der Waals surface area contributed by atoms with Gasteiger partial charge in [-0.15, -0.1) is 0 Å². The van der Waals surface area contributed by atoms with Crippen molar-refractivity contribution in [1.29, 1.82) is 5.26 Å². The van der Waals surface area contributed by atoms with Crippen LogP contribution in [0.25, 0.3) is 0 Å². The van der Waals surface area contributed by atoms with Crippen LogP contribution in [0.3, 0.4) is 0 Å². The molecule has 3 nitrogen and oxygen atoms in total. The number of anilines is 2. The number of halogens is 3. The highest BCUT2D eigenvalue weighted by Crippen LogP contribution is 2.36. The lowest BCUT2D eigenvalue weighted by Crippen LogP contribution is -1.92. The van der Waals surface area contributed by atoms with Crippen molar-refractivity contribution in [2.24, 2.45) is 0 Å². The first-order chi connectivity index (χ1) is 8.52. The minimum atomic E-state index is 0.383. The third kappa shape index (κ3) is 2.55. The summed E-state index contributed by atoms with van der Waals surface area (Å²) >= 11 is 19.0. The maximum atomic E-state index is 9.03. The number of rotatable bonds is 2. The second-order valence-corrected chi connectivity index (χ2v) is 5.45. The van der Waals surface area contributed by atoms with Gasteiger partial charge in [-0.1, -0.05) is 34.8 Å². The van der Waals surface area contributed by atoms with Gasteiger partial charge in [0, 0.05) is 0 Å². The minimum Gasteiger partial charge on any atom is -0.344 e. The number of nitriles is 1. The van der Waals surface area contributed by atoms with Crippen molar-refractivity contribution in [2.75, 3.05) is 5.32 Å². The molecule has 2 rings (SSSR count). The molecule has 1 N–H and O–H groups in total. The predicted molar refractivity (Wildman–Crippen MR) is 76.3 cm³/mol. The first-order valence-corrected chi connectivity index (χ1v) is 6.71. The molecule has 0 aliphatic carbocycles. The first kappa shape index (κ1) is 13.4. The monoisotopic (exact) mass is 317 g/mol. The van der Waals surface area contributed by atoms with Gasteiger partial charge in [0.1, 0.15) is 16.6 Å². The molecule has 0 aliphatic rings. The van der Waals surface area contributed by atoms with E-state index in [4.69, 9.17) is 40.1 Å². The normalized spacial score (nSPS) is 10.2. The zero-order chi connectivity index (χ0) is 13.3. The SMILES string of the molecule is Cc1nsc(Nc2cc(Cl)c(Cl)cc2Cl)c1C#N. The topological polar surface area (TPSA) is 48.7 Å². The van der Waals surface area contributed by atoms with Gasteiger partial charge in [0.15, 0.2) is 0 Å². The molecule has 0 fully saturated rings. The molecule has 0 saturated carbocycles. The summed E-state index contributed by atoms with van der Waals surface area (Å²) in [5.74, 6) is 0. The summed E-state index contributed by atoms with van der Waals surface area (Å²) in [6.45, 7) is 1.77. The van der Waals surface area contributed by atoms with Crippen LogP contribution in [0, 0.1) is 18.3 Å². The molecule has 2 aromatic rings. The number of nitrogens with one attached hydrogen (secondary N) is 1. The van der Waals surface area contributed by atoms with E-state index in [1.807, 2.05) is 0 Å². The lowest BCUT2D eigenvalue weighted by molar-refractivity contribution is 1.31. The summed E-state index contributed by atoms with van der Waals surface area (Å²) in [6, 6.07) is 5.26. The van der Waals surface area contributed by atoms with Crippen molar-refractivity contribution in [2.45, 2.75) is 6.92 Å². The Labute approximate surface area is 123 Å². The molecule has 0 amide bonds. The quantitative estimate of drug-likeness (QED) is 0.790. The van der Waals surface area contributed by atoms with Gasteiger partial charge < -0.3 is 5.32 Å². The highest BCUT2D eigenvalue weighted by atomic mass is 35.5. The lowest BCUT2D eigenvalue weighted by Gasteiger charge is -2.08. The van der Waals surface area contributed by atoms with E-state index in [0.717, 1.165) is 0 Å². The van der Waals surface area contributed by atoms with Gasteiger partial charge in [0.25, 0.3) is 0 Å². The molecule has 92 valence electrons. The Hall–Kier alpha value is -0.990. The average molecular weight is 319 g/mol. The summed E-state index contributed by atoms with van der Waals surface area (Å²) in [4.78, 5) is 0. The fraction of sp³-hybridized carbons (Fsp3) is 0.0909. The molecule has 0 radical (unpaired) electrons. The van der Waals surface area contributed by atoms with E-state index < -0.39 is 0 Å². The summed E-state index contributed by atoms with van der Waals surface area (Å²) in [6.07, 6.45) is 0. The number of hydrogen-bond donors (Lipinski definition) is 1.